The molecule has 0 amide bonds. The second-order valence-electron chi connectivity index (χ2n) is 5.52. The molecule has 0 saturated carbocycles. The molecule has 150 valence electrons. The number of benzene rings is 2. The van der Waals surface area contributed by atoms with Crippen molar-refractivity contribution in [3.8, 4) is 11.4 Å². The third-order valence-corrected chi connectivity index (χ3v) is 4.90. The van der Waals surface area contributed by atoms with E-state index in [-0.39, 0.29) is 16.9 Å². The first-order valence-corrected chi connectivity index (χ1v) is 9.34. The minimum Gasteiger partial charge on any atom is -0.465 e. The summed E-state index contributed by atoms with van der Waals surface area (Å²) in [5, 5.41) is 10.7. The third kappa shape index (κ3) is 4.38. The lowest BCUT2D eigenvalue weighted by atomic mass is 10.1. The first kappa shape index (κ1) is 19.9. The number of tetrazole rings is 1. The standard InChI is InChI=1S/C17H14N4O7S/c1-26-16(22)11-6-12(17(23)27-2)8-15(7-11)29(24,25)28-14-5-3-4-13(9-14)21-10-18-19-20-21/h3-10H,1-2H3. The monoisotopic (exact) mass is 418 g/mol. The zero-order valence-corrected chi connectivity index (χ0v) is 16.0. The van der Waals surface area contributed by atoms with E-state index in [1.165, 1.54) is 23.1 Å². The SMILES string of the molecule is COC(=O)c1cc(C(=O)OC)cc(S(=O)(=O)Oc2cccc(-n3cnnn3)c2)c1. The fraction of sp³-hybridized carbons (Fsp3) is 0.118. The molecular formula is C17H14N4O7S. The van der Waals surface area contributed by atoms with Crippen LogP contribution in [-0.4, -0.2) is 54.8 Å². The molecule has 11 nitrogen and oxygen atoms in total. The third-order valence-electron chi connectivity index (χ3n) is 3.67. The molecule has 0 atom stereocenters. The molecule has 1 heterocycles. The Labute approximate surface area is 164 Å². The van der Waals surface area contributed by atoms with Gasteiger partial charge in [0.1, 0.15) is 17.0 Å². The fourth-order valence-corrected chi connectivity index (χ4v) is 3.34. The van der Waals surface area contributed by atoms with Gasteiger partial charge < -0.3 is 13.7 Å². The first-order valence-electron chi connectivity index (χ1n) is 7.93. The van der Waals surface area contributed by atoms with Crippen molar-refractivity contribution >= 4 is 22.1 Å². The number of carbonyl (C=O) groups excluding carboxylic acids is 2. The zero-order chi connectivity index (χ0) is 21.0. The van der Waals surface area contributed by atoms with Crippen LogP contribution < -0.4 is 4.18 Å². The lowest BCUT2D eigenvalue weighted by Crippen LogP contribution is -2.14. The highest BCUT2D eigenvalue weighted by Gasteiger charge is 2.23. The summed E-state index contributed by atoms with van der Waals surface area (Å²) in [4.78, 5) is 23.3. The van der Waals surface area contributed by atoms with Gasteiger partial charge in [-0.2, -0.15) is 8.42 Å². The van der Waals surface area contributed by atoms with Gasteiger partial charge >= 0.3 is 22.1 Å². The molecule has 2 aromatic carbocycles. The number of methoxy groups -OCH3 is 2. The Morgan fingerprint density at radius 1 is 0.966 bits per heavy atom. The van der Waals surface area contributed by atoms with Crippen LogP contribution >= 0.6 is 0 Å². The highest BCUT2D eigenvalue weighted by Crippen LogP contribution is 2.23. The van der Waals surface area contributed by atoms with Crippen LogP contribution in [0.3, 0.4) is 0 Å². The maximum atomic E-state index is 12.8. The molecule has 29 heavy (non-hydrogen) atoms. The van der Waals surface area contributed by atoms with Crippen molar-refractivity contribution in [2.75, 3.05) is 14.2 Å². The molecule has 0 aliphatic carbocycles. The topological polar surface area (TPSA) is 140 Å². The molecule has 0 spiro atoms. The molecule has 12 heteroatoms. The molecule has 0 saturated heterocycles. The molecule has 0 radical (unpaired) electrons. The normalized spacial score (nSPS) is 11.0. The highest BCUT2D eigenvalue weighted by molar-refractivity contribution is 7.87. The Morgan fingerprint density at radius 3 is 2.17 bits per heavy atom. The van der Waals surface area contributed by atoms with Crippen molar-refractivity contribution in [1.29, 1.82) is 0 Å². The molecule has 3 rings (SSSR count). The summed E-state index contributed by atoms with van der Waals surface area (Å²) >= 11 is 0. The Kier molecular flexibility index (Phi) is 5.54. The fourth-order valence-electron chi connectivity index (χ4n) is 2.35. The van der Waals surface area contributed by atoms with Crippen molar-refractivity contribution in [1.82, 2.24) is 20.2 Å². The summed E-state index contributed by atoms with van der Waals surface area (Å²) in [7, 11) is -2.15. The van der Waals surface area contributed by atoms with E-state index in [1.54, 1.807) is 12.1 Å². The predicted octanol–water partition coefficient (Wildman–Crippen LogP) is 1.00. The van der Waals surface area contributed by atoms with Crippen molar-refractivity contribution in [3.63, 3.8) is 0 Å². The van der Waals surface area contributed by atoms with Crippen LogP contribution in [0.4, 0.5) is 0 Å². The molecule has 0 unspecified atom stereocenters. The van der Waals surface area contributed by atoms with Crippen molar-refractivity contribution < 1.29 is 31.7 Å². The van der Waals surface area contributed by atoms with Crippen LogP contribution in [0.1, 0.15) is 20.7 Å². The molecular weight excluding hydrogens is 404 g/mol. The largest absolute Gasteiger partial charge is 0.465 e. The minimum absolute atomic E-state index is 0.0268. The van der Waals surface area contributed by atoms with Gasteiger partial charge in [-0.25, -0.2) is 14.3 Å². The molecule has 0 aliphatic heterocycles. The van der Waals surface area contributed by atoms with Crippen molar-refractivity contribution in [2.24, 2.45) is 0 Å². The van der Waals surface area contributed by atoms with E-state index in [9.17, 15) is 18.0 Å². The van der Waals surface area contributed by atoms with E-state index >= 15 is 0 Å². The first-order chi connectivity index (χ1) is 13.8. The lowest BCUT2D eigenvalue weighted by molar-refractivity contribution is 0.0598. The Morgan fingerprint density at radius 2 is 1.62 bits per heavy atom. The van der Waals surface area contributed by atoms with Crippen LogP contribution in [0.2, 0.25) is 0 Å². The number of ether oxygens (including phenoxy) is 2. The zero-order valence-electron chi connectivity index (χ0n) is 15.2. The quantitative estimate of drug-likeness (QED) is 0.421. The lowest BCUT2D eigenvalue weighted by Gasteiger charge is -2.11. The predicted molar refractivity (Wildman–Crippen MR) is 96.1 cm³/mol. The summed E-state index contributed by atoms with van der Waals surface area (Å²) in [5.41, 5.74) is 0.154. The number of nitrogens with zero attached hydrogens (tertiary/aromatic N) is 4. The van der Waals surface area contributed by atoms with Crippen LogP contribution in [0.15, 0.2) is 53.7 Å². The van der Waals surface area contributed by atoms with Crippen LogP contribution in [0.25, 0.3) is 5.69 Å². The van der Waals surface area contributed by atoms with Gasteiger partial charge in [0.05, 0.1) is 31.0 Å². The molecule has 0 fully saturated rings. The number of hydrogen-bond donors (Lipinski definition) is 0. The van der Waals surface area contributed by atoms with E-state index in [0.717, 1.165) is 32.4 Å². The van der Waals surface area contributed by atoms with Gasteiger partial charge in [-0.1, -0.05) is 6.07 Å². The minimum atomic E-state index is -4.40. The van der Waals surface area contributed by atoms with E-state index < -0.39 is 27.0 Å². The summed E-state index contributed by atoms with van der Waals surface area (Å²) in [5.74, 6) is -1.68. The van der Waals surface area contributed by atoms with Gasteiger partial charge in [-0.15, -0.1) is 5.10 Å². The Bertz CT molecular complexity index is 1130. The average Bonchev–Trinajstić information content (AvgIpc) is 3.27. The smallest absolute Gasteiger partial charge is 0.339 e. The van der Waals surface area contributed by atoms with Crippen LogP contribution in [0.5, 0.6) is 5.75 Å². The maximum absolute atomic E-state index is 12.8. The second-order valence-corrected chi connectivity index (χ2v) is 7.06. The number of carbonyl (C=O) groups is 2. The average molecular weight is 418 g/mol. The van der Waals surface area contributed by atoms with Gasteiger partial charge in [0, 0.05) is 6.07 Å². The molecule has 0 N–H and O–H groups in total. The van der Waals surface area contributed by atoms with Gasteiger partial charge in [0.15, 0.2) is 0 Å². The summed E-state index contributed by atoms with van der Waals surface area (Å²) in [6.45, 7) is 0. The maximum Gasteiger partial charge on any atom is 0.339 e. The highest BCUT2D eigenvalue weighted by atomic mass is 32.2. The summed E-state index contributed by atoms with van der Waals surface area (Å²) < 4.78 is 41.2. The number of hydrogen-bond acceptors (Lipinski definition) is 10. The van der Waals surface area contributed by atoms with Crippen LogP contribution in [0, 0.1) is 0 Å². The molecule has 0 bridgehead atoms. The Balaban J connectivity index is 2.00. The Hall–Kier alpha value is -3.80. The summed E-state index contributed by atoms with van der Waals surface area (Å²) in [6, 6.07) is 9.25. The van der Waals surface area contributed by atoms with E-state index in [4.69, 9.17) is 4.18 Å². The number of rotatable bonds is 6. The van der Waals surface area contributed by atoms with Crippen molar-refractivity contribution in [2.45, 2.75) is 4.90 Å². The summed E-state index contributed by atoms with van der Waals surface area (Å²) in [6.07, 6.45) is 1.33. The molecule has 1 aromatic heterocycles. The number of esters is 2. The van der Waals surface area contributed by atoms with Gasteiger partial charge in [0.2, 0.25) is 0 Å². The molecule has 0 aliphatic rings. The van der Waals surface area contributed by atoms with E-state index in [1.807, 2.05) is 0 Å². The van der Waals surface area contributed by atoms with E-state index in [0.29, 0.717) is 5.69 Å². The second kappa shape index (κ2) is 8.06. The van der Waals surface area contributed by atoms with E-state index in [2.05, 4.69) is 25.0 Å². The van der Waals surface area contributed by atoms with Crippen LogP contribution in [-0.2, 0) is 19.6 Å². The van der Waals surface area contributed by atoms with Gasteiger partial charge in [0.25, 0.3) is 0 Å². The van der Waals surface area contributed by atoms with Gasteiger partial charge in [-0.3, -0.25) is 0 Å². The van der Waals surface area contributed by atoms with Gasteiger partial charge in [-0.05, 0) is 40.8 Å². The molecule has 3 aromatic rings. The number of aromatic nitrogens is 4. The van der Waals surface area contributed by atoms with Crippen molar-refractivity contribution in [3.05, 3.63) is 59.9 Å².